The van der Waals surface area contributed by atoms with Gasteiger partial charge in [-0.2, -0.15) is 49.6 Å². The second-order valence-corrected chi connectivity index (χ2v) is 24.6. The molecule has 5 aromatic rings. The highest BCUT2D eigenvalue weighted by molar-refractivity contribution is 7.93. The fraction of sp³-hybridized carbons (Fsp3) is 0.409. The maximum absolute atomic E-state index is 15.6. The molecule has 20 nitrogen and oxygen atoms in total. The van der Waals surface area contributed by atoms with Crippen LogP contribution in [-0.2, 0) is 70.1 Å². The Morgan fingerprint density at radius 1 is 0.962 bits per heavy atom. The van der Waals surface area contributed by atoms with Crippen molar-refractivity contribution < 1.29 is 99.1 Å². The number of amides is 3. The lowest BCUT2D eigenvalue weighted by atomic mass is 9.93. The van der Waals surface area contributed by atoms with Gasteiger partial charge in [-0.3, -0.25) is 18.7 Å². The summed E-state index contributed by atoms with van der Waals surface area (Å²) in [5.41, 5.74) is -6.85. The molecule has 1 saturated carbocycles. The molecule has 0 spiro atoms. The van der Waals surface area contributed by atoms with Crippen molar-refractivity contribution >= 4 is 73.9 Å². The summed E-state index contributed by atoms with van der Waals surface area (Å²) in [6.07, 6.45) is -12.7. The van der Waals surface area contributed by atoms with Gasteiger partial charge in [-0.25, -0.2) is 44.8 Å². The maximum Gasteiger partial charge on any atom is 0.469 e. The summed E-state index contributed by atoms with van der Waals surface area (Å²) in [7, 11) is -14.7. The van der Waals surface area contributed by atoms with Gasteiger partial charge in [0.1, 0.15) is 40.9 Å². The number of carbonyl (C=O) groups is 3. The highest BCUT2D eigenvalue weighted by atomic mass is 35.5. The first-order valence-corrected chi connectivity index (χ1v) is 27.8. The second kappa shape index (κ2) is 20.4. The summed E-state index contributed by atoms with van der Waals surface area (Å²) < 4.78 is 214. The first-order chi connectivity index (χ1) is 35.6. The van der Waals surface area contributed by atoms with E-state index in [9.17, 15) is 85.8 Å². The van der Waals surface area contributed by atoms with E-state index in [2.05, 4.69) is 36.9 Å². The van der Waals surface area contributed by atoms with E-state index < -0.39 is 191 Å². The molecule has 0 unspecified atom stereocenters. The zero-order chi connectivity index (χ0) is 58.4. The van der Waals surface area contributed by atoms with Crippen LogP contribution in [0.5, 0.6) is 0 Å². The number of phosphoric ester groups is 1. The van der Waals surface area contributed by atoms with E-state index in [-0.39, 0.29) is 25.7 Å². The van der Waals surface area contributed by atoms with Crippen molar-refractivity contribution in [1.82, 2.24) is 35.2 Å². The molecular formula is C44H40ClF10N8O12PS2. The first-order valence-electron chi connectivity index (χ1n) is 22.2. The molecule has 422 valence electrons. The van der Waals surface area contributed by atoms with Crippen LogP contribution in [-0.4, -0.2) is 110 Å². The monoisotopic (exact) mass is 1190 g/mol. The Hall–Kier alpha value is -6.36. The van der Waals surface area contributed by atoms with Crippen LogP contribution in [0.2, 0.25) is 5.02 Å². The van der Waals surface area contributed by atoms with Crippen molar-refractivity contribution in [1.29, 1.82) is 0 Å². The van der Waals surface area contributed by atoms with Crippen LogP contribution < -0.4 is 14.9 Å². The van der Waals surface area contributed by atoms with Gasteiger partial charge >= 0.3 is 32.2 Å². The lowest BCUT2D eigenvalue weighted by Gasteiger charge is -2.25. The van der Waals surface area contributed by atoms with Gasteiger partial charge in [0.2, 0.25) is 15.9 Å². The van der Waals surface area contributed by atoms with E-state index >= 15 is 8.78 Å². The number of carbonyl (C=O) groups excluding carboxylic acids is 2. The lowest BCUT2D eigenvalue weighted by Crippen LogP contribution is -2.54. The average molecular weight is 1190 g/mol. The maximum atomic E-state index is 15.6. The number of alkyl halides is 8. The van der Waals surface area contributed by atoms with E-state index in [1.165, 1.54) is 13.8 Å². The molecule has 0 saturated heterocycles. The van der Waals surface area contributed by atoms with Gasteiger partial charge in [0.15, 0.2) is 27.4 Å². The molecule has 5 N–H and O–H groups in total. The molecule has 7 rings (SSSR count). The van der Waals surface area contributed by atoms with Gasteiger partial charge in [0, 0.05) is 34.9 Å². The van der Waals surface area contributed by atoms with E-state index in [4.69, 9.17) is 11.6 Å². The SMILES string of the molecule is C[C@@H](OP(=O)(O)O)[C@H](NC(=O)N(c1nn(CC(F)(F)F)c2c(-c3ccc(C#CC(C)(C)S(C)(=O)=O)nc3[C@H](Cc3cc(F)cc(F)c3)NC(=O)Cn3nc(C(F)(F)F)c4c3C(F)(F)[C@@H]3C[C@H]43)ccc(Cl)c12)S(C)(=O)=O)C(=O)O. The predicted molar refractivity (Wildman–Crippen MR) is 253 cm³/mol. The number of carboxylic acids is 1. The fourth-order valence-corrected chi connectivity index (χ4v) is 10.5. The number of phosphoric acid groups is 1. The first kappa shape index (κ1) is 59.3. The number of hydrogen-bond acceptors (Lipinski definition) is 12. The molecule has 3 heterocycles. The van der Waals surface area contributed by atoms with Crippen LogP contribution in [0.25, 0.3) is 22.0 Å². The molecule has 78 heavy (non-hydrogen) atoms. The fourth-order valence-electron chi connectivity index (χ4n) is 8.65. The third-order valence-corrected chi connectivity index (χ3v) is 16.2. The molecule has 2 aliphatic rings. The Bertz CT molecular complexity index is 3630. The Balaban J connectivity index is 1.48. The number of aliphatic carboxylic acids is 1. The topological polar surface area (TPSA) is 282 Å². The molecular weight excluding hydrogens is 1150 g/mol. The number of anilines is 1. The van der Waals surface area contributed by atoms with Crippen LogP contribution in [0.1, 0.15) is 73.1 Å². The van der Waals surface area contributed by atoms with Gasteiger partial charge in [-0.05, 0) is 81.3 Å². The van der Waals surface area contributed by atoms with E-state index in [1.54, 1.807) is 5.32 Å². The van der Waals surface area contributed by atoms with E-state index in [0.29, 0.717) is 12.3 Å². The Morgan fingerprint density at radius 3 is 2.13 bits per heavy atom. The van der Waals surface area contributed by atoms with Crippen molar-refractivity contribution in [3.05, 3.63) is 93.0 Å². The largest absolute Gasteiger partial charge is 0.480 e. The quantitative estimate of drug-likeness (QED) is 0.0390. The normalized spacial score (nSPS) is 17.6. The summed E-state index contributed by atoms with van der Waals surface area (Å²) in [5, 5.41) is 19.5. The number of nitrogens with one attached hydrogen (secondary N) is 2. The number of pyridine rings is 1. The predicted octanol–water partition coefficient (Wildman–Crippen LogP) is 6.72. The van der Waals surface area contributed by atoms with Crippen molar-refractivity contribution in [3.8, 4) is 23.0 Å². The highest BCUT2D eigenvalue weighted by Gasteiger charge is 2.68. The molecule has 0 radical (unpaired) electrons. The minimum Gasteiger partial charge on any atom is -0.480 e. The molecule has 3 aromatic heterocycles. The number of urea groups is 1. The van der Waals surface area contributed by atoms with Crippen molar-refractivity contribution in [2.75, 3.05) is 16.8 Å². The smallest absolute Gasteiger partial charge is 0.469 e. The highest BCUT2D eigenvalue weighted by Crippen LogP contribution is 2.68. The molecule has 0 aliphatic heterocycles. The number of halogens is 11. The minimum atomic E-state index is -5.51. The van der Waals surface area contributed by atoms with Crippen molar-refractivity contribution in [2.24, 2.45) is 5.92 Å². The molecule has 0 bridgehead atoms. The van der Waals surface area contributed by atoms with Crippen LogP contribution in [0.3, 0.4) is 0 Å². The van der Waals surface area contributed by atoms with Gasteiger partial charge < -0.3 is 25.5 Å². The summed E-state index contributed by atoms with van der Waals surface area (Å²) in [6.45, 7) is -0.419. The Morgan fingerprint density at radius 2 is 1.58 bits per heavy atom. The number of rotatable bonds is 16. The van der Waals surface area contributed by atoms with Gasteiger partial charge in [0.25, 0.3) is 5.92 Å². The Labute approximate surface area is 439 Å². The van der Waals surface area contributed by atoms with Crippen LogP contribution >= 0.6 is 19.4 Å². The number of carboxylic acid groups (broad SMARTS) is 1. The summed E-state index contributed by atoms with van der Waals surface area (Å²) in [5.74, 6) is -8.88. The number of nitrogens with zero attached hydrogens (tertiary/aromatic N) is 6. The van der Waals surface area contributed by atoms with E-state index in [1.807, 2.05) is 0 Å². The number of benzene rings is 2. The molecule has 34 heteroatoms. The third kappa shape index (κ3) is 12.4. The molecule has 1 fully saturated rings. The zero-order valence-corrected chi connectivity index (χ0v) is 43.7. The molecule has 2 aliphatic carbocycles. The standard InChI is InChI=1S/C44H40ClF10N8O12PS2/c1-19(75-76(68,69)70)33(39(65)66)58-40(67)63(78(5,73)74)38-32-28(45)9-8-25(35(32)62(60-38)18-42(48,49)50)24-7-6-23(10-11-41(2,3)77(4,71)72)56-34(24)29(14-20-12-21(46)15-22(47)13-20)57-30(64)17-61-37-31(36(59-61)44(53,54)55)26-16-27(26)43(37,51)52/h6-9,12-13,15,19,26-27,29,33H,14,16-18H2,1-5H3,(H,57,64)(H,58,67)(H,65,66)(H2,68,69,70)/t19-,26+,27-,29+,33+/m1/s1. The molecule has 5 atom stereocenters. The summed E-state index contributed by atoms with van der Waals surface area (Å²) in [6, 6.07) is -0.507. The van der Waals surface area contributed by atoms with Crippen molar-refractivity contribution in [3.63, 3.8) is 0 Å². The van der Waals surface area contributed by atoms with Gasteiger partial charge in [-0.1, -0.05) is 23.6 Å². The average Bonchev–Trinajstić information content (AvgIpc) is 3.87. The third-order valence-electron chi connectivity index (χ3n) is 12.3. The van der Waals surface area contributed by atoms with Gasteiger partial charge in [0.05, 0.1) is 40.0 Å². The summed E-state index contributed by atoms with van der Waals surface area (Å²) >= 11 is 6.59. The number of hydrogen-bond donors (Lipinski definition) is 5. The Kier molecular flexibility index (Phi) is 15.5. The molecule has 2 aromatic carbocycles. The van der Waals surface area contributed by atoms with Crippen LogP contribution in [0.15, 0.2) is 42.5 Å². The lowest BCUT2D eigenvalue weighted by molar-refractivity contribution is -0.143. The van der Waals surface area contributed by atoms with Gasteiger partial charge in [-0.15, -0.1) is 0 Å². The zero-order valence-electron chi connectivity index (χ0n) is 40.4. The van der Waals surface area contributed by atoms with Crippen molar-refractivity contribution in [2.45, 2.75) is 93.8 Å². The number of aromatic nitrogens is 5. The number of sulfonamides is 1. The number of sulfone groups is 1. The van der Waals surface area contributed by atoms with Crippen LogP contribution in [0, 0.1) is 29.4 Å². The summed E-state index contributed by atoms with van der Waals surface area (Å²) in [4.78, 5) is 63.4. The van der Waals surface area contributed by atoms with E-state index in [0.717, 1.165) is 49.6 Å². The number of fused-ring (bicyclic) bond motifs is 4. The van der Waals surface area contributed by atoms with Crippen LogP contribution in [0.4, 0.5) is 54.5 Å². The second-order valence-electron chi connectivity index (χ2n) is 18.6. The minimum absolute atomic E-state index is 0.0778. The molecule has 3 amide bonds.